The molecule has 7 nitrogen and oxygen atoms in total. The molecule has 30 heavy (non-hydrogen) atoms. The van der Waals surface area contributed by atoms with Crippen LogP contribution in [0.3, 0.4) is 0 Å². The van der Waals surface area contributed by atoms with Gasteiger partial charge in [0.1, 0.15) is 12.2 Å². The smallest absolute Gasteiger partial charge is 0.308 e. The lowest BCUT2D eigenvalue weighted by molar-refractivity contribution is -0.276. The highest BCUT2D eigenvalue weighted by Gasteiger charge is 2.59. The Morgan fingerprint density at radius 2 is 2.07 bits per heavy atom. The van der Waals surface area contributed by atoms with Crippen LogP contribution in [-0.4, -0.2) is 72.1 Å². The van der Waals surface area contributed by atoms with Gasteiger partial charge in [-0.1, -0.05) is 6.58 Å². The van der Waals surface area contributed by atoms with Crippen LogP contribution < -0.4 is 0 Å². The van der Waals surface area contributed by atoms with Crippen LogP contribution in [-0.2, 0) is 28.5 Å². The first-order chi connectivity index (χ1) is 14.3. The minimum Gasteiger partial charge on any atom is -0.469 e. The third-order valence-electron chi connectivity index (χ3n) is 6.56. The summed E-state index contributed by atoms with van der Waals surface area (Å²) in [6, 6.07) is 0. The average molecular weight is 557 g/mol. The number of carbonyl (C=O) groups excluding carboxylic acids is 1. The molecule has 4 fully saturated rings. The van der Waals surface area contributed by atoms with E-state index in [-0.39, 0.29) is 48.3 Å². The zero-order valence-electron chi connectivity index (χ0n) is 17.1. The van der Waals surface area contributed by atoms with Crippen molar-refractivity contribution in [3.05, 3.63) is 10.2 Å². The summed E-state index contributed by atoms with van der Waals surface area (Å²) in [6.45, 7) is 3.92. The van der Waals surface area contributed by atoms with Crippen LogP contribution in [0.25, 0.3) is 0 Å². The second-order valence-electron chi connectivity index (χ2n) is 8.81. The zero-order valence-corrected chi connectivity index (χ0v) is 20.0. The molecule has 1 N–H and O–H groups in total. The lowest BCUT2D eigenvalue weighted by Gasteiger charge is -2.47. The summed E-state index contributed by atoms with van der Waals surface area (Å²) in [5, 5.41) is 10.6. The molecule has 0 aromatic heterocycles. The summed E-state index contributed by atoms with van der Waals surface area (Å²) in [5.74, 6) is -1.16. The number of allylic oxidation sites excluding steroid dienone is 1. The van der Waals surface area contributed by atoms with Crippen LogP contribution in [0.5, 0.6) is 0 Å². The van der Waals surface area contributed by atoms with Gasteiger partial charge in [0, 0.05) is 24.6 Å². The predicted molar refractivity (Wildman–Crippen MR) is 118 cm³/mol. The molecule has 4 rings (SSSR count). The van der Waals surface area contributed by atoms with Crippen molar-refractivity contribution in [3.63, 3.8) is 0 Å². The summed E-state index contributed by atoms with van der Waals surface area (Å²) in [6.07, 6.45) is 2.68. The molecule has 9 atom stereocenters. The van der Waals surface area contributed by atoms with Crippen molar-refractivity contribution in [2.45, 2.75) is 105 Å². The van der Waals surface area contributed by atoms with E-state index in [0.717, 1.165) is 22.8 Å². The van der Waals surface area contributed by atoms with Crippen molar-refractivity contribution < 1.29 is 33.6 Å². The molecule has 4 heterocycles. The Balaban J connectivity index is 1.47. The molecule has 4 aliphatic heterocycles. The summed E-state index contributed by atoms with van der Waals surface area (Å²) in [5.41, 5.74) is 0. The number of ether oxygens (including phenoxy) is 5. The van der Waals surface area contributed by atoms with Crippen LogP contribution in [0, 0.1) is 0 Å². The number of fused-ring (bicyclic) bond motifs is 7. The molecular formula is C21H30ClIO7. The van der Waals surface area contributed by atoms with E-state index in [1.807, 2.05) is 0 Å². The van der Waals surface area contributed by atoms with Crippen LogP contribution in [0.2, 0.25) is 0 Å². The van der Waals surface area contributed by atoms with E-state index in [4.69, 9.17) is 35.3 Å². The highest BCUT2D eigenvalue weighted by Crippen LogP contribution is 2.48. The minimum atomic E-state index is -0.889. The fourth-order valence-electron chi connectivity index (χ4n) is 5.18. The van der Waals surface area contributed by atoms with Gasteiger partial charge in [-0.2, -0.15) is 0 Å². The summed E-state index contributed by atoms with van der Waals surface area (Å²) in [4.78, 5) is 11.7. The summed E-state index contributed by atoms with van der Waals surface area (Å²) in [7, 11) is 1.39. The minimum absolute atomic E-state index is 0.0610. The molecule has 2 unspecified atom stereocenters. The first-order valence-corrected chi connectivity index (χ1v) is 12.2. The summed E-state index contributed by atoms with van der Waals surface area (Å²) < 4.78 is 31.2. The quantitative estimate of drug-likeness (QED) is 0.293. The molecule has 170 valence electrons. The molecule has 0 aromatic carbocycles. The van der Waals surface area contributed by atoms with E-state index in [2.05, 4.69) is 29.2 Å². The standard InChI is InChI=1S/C21H30ClIO7/c1-11(23)7-12(22)5-6-21-10-14(24)19(30-21)16-9-17(29-21)20-15(28-16)4-3-13(27-20)8-18(25)26-2/h12-17,19-20,24H,1,3-10H2,2H3/t12-,13-,14-,15+,16-,17?,19?,20+,21-/m1/s1. The molecule has 4 aliphatic rings. The molecule has 9 heteroatoms. The maximum absolute atomic E-state index is 11.7. The van der Waals surface area contributed by atoms with E-state index in [0.29, 0.717) is 25.7 Å². The van der Waals surface area contributed by atoms with Gasteiger partial charge < -0.3 is 28.8 Å². The van der Waals surface area contributed by atoms with Gasteiger partial charge in [-0.25, -0.2) is 0 Å². The Kier molecular flexibility index (Phi) is 7.34. The van der Waals surface area contributed by atoms with Gasteiger partial charge in [0.05, 0.1) is 44.1 Å². The number of carbonyl (C=O) groups is 1. The van der Waals surface area contributed by atoms with Crippen LogP contribution in [0.1, 0.15) is 51.4 Å². The lowest BCUT2D eigenvalue weighted by atomic mass is 9.86. The molecule has 0 saturated carbocycles. The number of hydrogen-bond donors (Lipinski definition) is 1. The predicted octanol–water partition coefficient (Wildman–Crippen LogP) is 3.23. The third-order valence-corrected chi connectivity index (χ3v) is 7.37. The van der Waals surface area contributed by atoms with Gasteiger partial charge in [-0.15, -0.1) is 11.6 Å². The number of alkyl halides is 1. The maximum Gasteiger partial charge on any atom is 0.308 e. The van der Waals surface area contributed by atoms with Gasteiger partial charge in [0.2, 0.25) is 0 Å². The molecule has 4 bridgehead atoms. The fourth-order valence-corrected chi connectivity index (χ4v) is 6.27. The van der Waals surface area contributed by atoms with E-state index >= 15 is 0 Å². The SMILES string of the molecule is C=C(I)C[C@H](Cl)CC[C@]12C[C@@H](O)C(O1)[C@H]1CC(O2)[C@H]2O[C@@H](CC(=O)OC)CC[C@@H]2O1. The van der Waals surface area contributed by atoms with Crippen LogP contribution in [0.15, 0.2) is 10.2 Å². The van der Waals surface area contributed by atoms with Crippen LogP contribution in [0.4, 0.5) is 0 Å². The largest absolute Gasteiger partial charge is 0.469 e. The number of rotatable bonds is 7. The van der Waals surface area contributed by atoms with Crippen molar-refractivity contribution in [2.75, 3.05) is 7.11 Å². The first-order valence-electron chi connectivity index (χ1n) is 10.7. The van der Waals surface area contributed by atoms with Gasteiger partial charge in [-0.05, 0) is 51.9 Å². The number of esters is 1. The monoisotopic (exact) mass is 556 g/mol. The molecule has 0 spiro atoms. The molecule has 0 aromatic rings. The normalized spacial score (nSPS) is 43.4. The van der Waals surface area contributed by atoms with Gasteiger partial charge in [0.15, 0.2) is 5.79 Å². The number of aliphatic hydroxyl groups excluding tert-OH is 1. The molecule has 0 amide bonds. The van der Waals surface area contributed by atoms with Gasteiger partial charge in [-0.3, -0.25) is 4.79 Å². The van der Waals surface area contributed by atoms with Gasteiger partial charge >= 0.3 is 5.97 Å². The summed E-state index contributed by atoms with van der Waals surface area (Å²) >= 11 is 8.66. The Bertz CT molecular complexity index is 663. The van der Waals surface area contributed by atoms with E-state index in [1.54, 1.807) is 0 Å². The molecule has 0 aliphatic carbocycles. The average Bonchev–Trinajstić information content (AvgIpc) is 2.95. The number of aliphatic hydroxyl groups is 1. The van der Waals surface area contributed by atoms with Crippen molar-refractivity contribution in [3.8, 4) is 0 Å². The fraction of sp³-hybridized carbons (Fsp3) is 0.857. The van der Waals surface area contributed by atoms with Crippen molar-refractivity contribution >= 4 is 40.2 Å². The molecular weight excluding hydrogens is 527 g/mol. The van der Waals surface area contributed by atoms with E-state index in [1.165, 1.54) is 7.11 Å². The zero-order chi connectivity index (χ0) is 21.5. The number of methoxy groups -OCH3 is 1. The van der Waals surface area contributed by atoms with Crippen LogP contribution >= 0.6 is 34.2 Å². The first kappa shape index (κ1) is 23.2. The highest BCUT2D eigenvalue weighted by atomic mass is 127. The number of halogens is 2. The van der Waals surface area contributed by atoms with Crippen molar-refractivity contribution in [1.82, 2.24) is 0 Å². The van der Waals surface area contributed by atoms with E-state index in [9.17, 15) is 9.90 Å². The Hall–Kier alpha value is 0.0300. The second-order valence-corrected chi connectivity index (χ2v) is 11.0. The third kappa shape index (κ3) is 5.00. The van der Waals surface area contributed by atoms with Gasteiger partial charge in [0.25, 0.3) is 0 Å². The lowest BCUT2D eigenvalue weighted by Crippen LogP contribution is -2.58. The van der Waals surface area contributed by atoms with E-state index < -0.39 is 18.0 Å². The molecule has 0 radical (unpaired) electrons. The Labute approximate surface area is 195 Å². The Morgan fingerprint density at radius 1 is 1.27 bits per heavy atom. The molecule has 4 saturated heterocycles. The highest BCUT2D eigenvalue weighted by molar-refractivity contribution is 14.1. The Morgan fingerprint density at radius 3 is 2.80 bits per heavy atom. The topological polar surface area (TPSA) is 83.5 Å². The van der Waals surface area contributed by atoms with Crippen molar-refractivity contribution in [1.29, 1.82) is 0 Å². The van der Waals surface area contributed by atoms with Crippen molar-refractivity contribution in [2.24, 2.45) is 0 Å². The maximum atomic E-state index is 11.7. The second kappa shape index (κ2) is 9.49. The number of hydrogen-bond acceptors (Lipinski definition) is 7.